The first-order valence-corrected chi connectivity index (χ1v) is 9.54. The first kappa shape index (κ1) is 16.8. The van der Waals surface area contributed by atoms with E-state index in [-0.39, 0.29) is 11.9 Å². The first-order chi connectivity index (χ1) is 12.7. The van der Waals surface area contributed by atoms with Crippen molar-refractivity contribution in [2.75, 3.05) is 6.54 Å². The number of fused-ring (bicyclic) bond motifs is 1. The third-order valence-electron chi connectivity index (χ3n) is 5.44. The van der Waals surface area contributed by atoms with Gasteiger partial charge in [-0.05, 0) is 48.1 Å². The lowest BCUT2D eigenvalue weighted by Crippen LogP contribution is -2.30. The Hall–Kier alpha value is -2.61. The monoisotopic (exact) mass is 343 g/mol. The molecule has 3 aromatic rings. The van der Waals surface area contributed by atoms with E-state index in [0.29, 0.717) is 6.42 Å². The molecule has 1 fully saturated rings. The van der Waals surface area contributed by atoms with Crippen molar-refractivity contribution in [1.29, 1.82) is 0 Å². The normalized spacial score (nSPS) is 17.0. The van der Waals surface area contributed by atoms with Crippen molar-refractivity contribution in [3.8, 4) is 0 Å². The van der Waals surface area contributed by atoms with Crippen molar-refractivity contribution in [2.45, 2.75) is 38.6 Å². The maximum Gasteiger partial charge on any atom is 0.223 e. The Morgan fingerprint density at radius 2 is 1.85 bits per heavy atom. The molecular weight excluding hydrogens is 318 g/mol. The molecule has 3 aromatic carbocycles. The molecule has 0 saturated carbocycles. The Bertz CT molecular complexity index is 930. The predicted molar refractivity (Wildman–Crippen MR) is 107 cm³/mol. The van der Waals surface area contributed by atoms with Crippen LogP contribution < -0.4 is 0 Å². The van der Waals surface area contributed by atoms with Crippen LogP contribution in [0.25, 0.3) is 10.8 Å². The van der Waals surface area contributed by atoms with Crippen molar-refractivity contribution < 1.29 is 4.79 Å². The van der Waals surface area contributed by atoms with Crippen LogP contribution >= 0.6 is 0 Å². The van der Waals surface area contributed by atoms with Gasteiger partial charge in [-0.2, -0.15) is 0 Å². The zero-order valence-corrected chi connectivity index (χ0v) is 15.3. The van der Waals surface area contributed by atoms with E-state index in [1.165, 1.54) is 27.5 Å². The summed E-state index contributed by atoms with van der Waals surface area (Å²) in [6.07, 6.45) is 3.56. The topological polar surface area (TPSA) is 20.3 Å². The van der Waals surface area contributed by atoms with Gasteiger partial charge in [0.05, 0.1) is 6.04 Å². The summed E-state index contributed by atoms with van der Waals surface area (Å²) in [5.74, 6) is 0.280. The van der Waals surface area contributed by atoms with E-state index in [1.807, 2.05) is 0 Å². The summed E-state index contributed by atoms with van der Waals surface area (Å²) < 4.78 is 0. The summed E-state index contributed by atoms with van der Waals surface area (Å²) in [7, 11) is 0. The summed E-state index contributed by atoms with van der Waals surface area (Å²) in [6, 6.07) is 23.7. The first-order valence-electron chi connectivity index (χ1n) is 9.54. The van der Waals surface area contributed by atoms with E-state index in [2.05, 4.69) is 78.6 Å². The van der Waals surface area contributed by atoms with Gasteiger partial charge < -0.3 is 4.90 Å². The molecule has 4 rings (SSSR count). The molecule has 1 atom stereocenters. The van der Waals surface area contributed by atoms with Crippen LogP contribution in [0.5, 0.6) is 0 Å². The summed E-state index contributed by atoms with van der Waals surface area (Å²) >= 11 is 0. The molecule has 0 N–H and O–H groups in total. The van der Waals surface area contributed by atoms with Gasteiger partial charge in [0.15, 0.2) is 0 Å². The predicted octanol–water partition coefficient (Wildman–Crippen LogP) is 5.44. The van der Waals surface area contributed by atoms with E-state index in [0.717, 1.165) is 25.8 Å². The number of benzene rings is 3. The largest absolute Gasteiger partial charge is 0.336 e. The summed E-state index contributed by atoms with van der Waals surface area (Å²) in [5, 5.41) is 2.50. The van der Waals surface area contributed by atoms with Gasteiger partial charge in [-0.1, -0.05) is 72.3 Å². The molecular formula is C24H25NO. The van der Waals surface area contributed by atoms with E-state index in [4.69, 9.17) is 0 Å². The Morgan fingerprint density at radius 1 is 1.00 bits per heavy atom. The molecule has 0 radical (unpaired) electrons. The van der Waals surface area contributed by atoms with Gasteiger partial charge in [0.25, 0.3) is 0 Å². The number of hydrogen-bond donors (Lipinski definition) is 0. The minimum Gasteiger partial charge on any atom is -0.336 e. The quantitative estimate of drug-likeness (QED) is 0.617. The fourth-order valence-electron chi connectivity index (χ4n) is 4.08. The molecule has 1 amide bonds. The van der Waals surface area contributed by atoms with Gasteiger partial charge in [0.1, 0.15) is 0 Å². The maximum absolute atomic E-state index is 12.9. The van der Waals surface area contributed by atoms with Crippen molar-refractivity contribution in [3.05, 3.63) is 83.4 Å². The second kappa shape index (κ2) is 7.33. The molecule has 2 heteroatoms. The maximum atomic E-state index is 12.9. The number of amides is 1. The van der Waals surface area contributed by atoms with Gasteiger partial charge in [-0.25, -0.2) is 0 Å². The molecule has 0 aromatic heterocycles. The summed E-state index contributed by atoms with van der Waals surface area (Å²) in [6.45, 7) is 3.00. The van der Waals surface area contributed by atoms with Crippen LogP contribution in [0, 0.1) is 6.92 Å². The fourth-order valence-corrected chi connectivity index (χ4v) is 4.08. The van der Waals surface area contributed by atoms with E-state index in [1.54, 1.807) is 0 Å². The lowest BCUT2D eigenvalue weighted by Gasteiger charge is -2.25. The smallest absolute Gasteiger partial charge is 0.223 e. The van der Waals surface area contributed by atoms with Crippen molar-refractivity contribution in [2.24, 2.45) is 0 Å². The minimum absolute atomic E-state index is 0.249. The third-order valence-corrected chi connectivity index (χ3v) is 5.44. The van der Waals surface area contributed by atoms with Crippen molar-refractivity contribution in [1.82, 2.24) is 4.90 Å². The number of rotatable bonds is 4. The number of aryl methyl sites for hydroxylation is 2. The highest BCUT2D eigenvalue weighted by molar-refractivity contribution is 5.83. The minimum atomic E-state index is 0.249. The molecule has 132 valence electrons. The number of nitrogens with zero attached hydrogens (tertiary/aromatic N) is 1. The van der Waals surface area contributed by atoms with Gasteiger partial charge in [-0.15, -0.1) is 0 Å². The van der Waals surface area contributed by atoms with Crippen LogP contribution in [-0.2, 0) is 11.2 Å². The van der Waals surface area contributed by atoms with Gasteiger partial charge in [-0.3, -0.25) is 4.79 Å². The molecule has 0 spiro atoms. The Morgan fingerprint density at radius 3 is 2.69 bits per heavy atom. The lowest BCUT2D eigenvalue weighted by atomic mass is 10.0. The average Bonchev–Trinajstić information content (AvgIpc) is 3.16. The standard InChI is InChI=1S/C24H25NO/c1-18-6-4-9-22(16-18)23-10-5-15-25(23)24(26)14-12-19-11-13-20-7-2-3-8-21(20)17-19/h2-4,6-9,11,13,16-17,23H,5,10,12,14-15H2,1H3/t23-/m1/s1. The molecule has 26 heavy (non-hydrogen) atoms. The average molecular weight is 343 g/mol. The van der Waals surface area contributed by atoms with Crippen LogP contribution in [0.4, 0.5) is 0 Å². The fraction of sp³-hybridized carbons (Fsp3) is 0.292. The van der Waals surface area contributed by atoms with Crippen LogP contribution in [0.2, 0.25) is 0 Å². The zero-order valence-electron chi connectivity index (χ0n) is 15.3. The second-order valence-electron chi connectivity index (χ2n) is 7.34. The molecule has 1 heterocycles. The summed E-state index contributed by atoms with van der Waals surface area (Å²) in [4.78, 5) is 15.0. The highest BCUT2D eigenvalue weighted by atomic mass is 16.2. The number of carbonyl (C=O) groups is 1. The number of hydrogen-bond acceptors (Lipinski definition) is 1. The van der Waals surface area contributed by atoms with E-state index in [9.17, 15) is 4.79 Å². The number of carbonyl (C=O) groups excluding carboxylic acids is 1. The SMILES string of the molecule is Cc1cccc([C@H]2CCCN2C(=O)CCc2ccc3ccccc3c2)c1. The third kappa shape index (κ3) is 3.50. The molecule has 0 bridgehead atoms. The van der Waals surface area contributed by atoms with E-state index >= 15 is 0 Å². The molecule has 1 aliphatic rings. The van der Waals surface area contributed by atoms with Crippen LogP contribution in [-0.4, -0.2) is 17.4 Å². The number of likely N-dealkylation sites (tertiary alicyclic amines) is 1. The van der Waals surface area contributed by atoms with Crippen LogP contribution in [0.1, 0.15) is 42.0 Å². The van der Waals surface area contributed by atoms with Crippen LogP contribution in [0.15, 0.2) is 66.7 Å². The second-order valence-corrected chi connectivity index (χ2v) is 7.34. The van der Waals surface area contributed by atoms with Gasteiger partial charge >= 0.3 is 0 Å². The highest BCUT2D eigenvalue weighted by Crippen LogP contribution is 2.33. The highest BCUT2D eigenvalue weighted by Gasteiger charge is 2.29. The van der Waals surface area contributed by atoms with Crippen LogP contribution in [0.3, 0.4) is 0 Å². The van der Waals surface area contributed by atoms with Gasteiger partial charge in [0, 0.05) is 13.0 Å². The van der Waals surface area contributed by atoms with Gasteiger partial charge in [0.2, 0.25) is 5.91 Å². The lowest BCUT2D eigenvalue weighted by molar-refractivity contribution is -0.132. The Labute approximate surface area is 155 Å². The van der Waals surface area contributed by atoms with Crippen molar-refractivity contribution >= 4 is 16.7 Å². The van der Waals surface area contributed by atoms with E-state index < -0.39 is 0 Å². The molecule has 2 nitrogen and oxygen atoms in total. The van der Waals surface area contributed by atoms with Crippen molar-refractivity contribution in [3.63, 3.8) is 0 Å². The summed E-state index contributed by atoms with van der Waals surface area (Å²) in [5.41, 5.74) is 3.78. The molecule has 0 aliphatic carbocycles. The zero-order chi connectivity index (χ0) is 17.9. The Balaban J connectivity index is 1.45. The Kier molecular flexibility index (Phi) is 4.75. The molecule has 1 saturated heterocycles. The molecule has 0 unspecified atom stereocenters. The molecule has 1 aliphatic heterocycles.